The lowest BCUT2D eigenvalue weighted by Gasteiger charge is -2.38. The van der Waals surface area contributed by atoms with E-state index < -0.39 is 5.41 Å². The molecule has 2 aromatic rings. The van der Waals surface area contributed by atoms with E-state index in [9.17, 15) is 9.18 Å². The van der Waals surface area contributed by atoms with Gasteiger partial charge in [0.15, 0.2) is 0 Å². The molecule has 0 bridgehead atoms. The number of carbonyl (C=O) groups excluding carboxylic acids is 1. The summed E-state index contributed by atoms with van der Waals surface area (Å²) in [6.07, 6.45) is 2.81. The van der Waals surface area contributed by atoms with Crippen molar-refractivity contribution in [2.45, 2.75) is 51.0 Å². The van der Waals surface area contributed by atoms with Crippen molar-refractivity contribution in [3.05, 3.63) is 52.7 Å². The molecular formula is C24H32FN5O. The van der Waals surface area contributed by atoms with E-state index in [0.29, 0.717) is 18.7 Å². The van der Waals surface area contributed by atoms with Gasteiger partial charge in [0.25, 0.3) is 0 Å². The van der Waals surface area contributed by atoms with Crippen LogP contribution in [0.1, 0.15) is 55.3 Å². The molecule has 6 nitrogen and oxygen atoms in total. The lowest BCUT2D eigenvalue weighted by molar-refractivity contribution is -0.137. The van der Waals surface area contributed by atoms with Crippen LogP contribution >= 0.6 is 0 Å². The number of nitrogens with one attached hydrogen (secondary N) is 1. The second kappa shape index (κ2) is 8.54. The third kappa shape index (κ3) is 4.28. The minimum absolute atomic E-state index is 0.0225. The zero-order valence-corrected chi connectivity index (χ0v) is 18.9. The zero-order chi connectivity index (χ0) is 22.2. The van der Waals surface area contributed by atoms with E-state index in [1.807, 2.05) is 31.9 Å². The summed E-state index contributed by atoms with van der Waals surface area (Å²) >= 11 is 0. The fraction of sp³-hybridized carbons (Fsp3) is 0.542. The molecular weight excluding hydrogens is 393 g/mol. The zero-order valence-electron chi connectivity index (χ0n) is 18.9. The van der Waals surface area contributed by atoms with Crippen molar-refractivity contribution >= 4 is 11.7 Å². The van der Waals surface area contributed by atoms with Crippen LogP contribution in [-0.4, -0.2) is 59.4 Å². The monoisotopic (exact) mass is 425 g/mol. The Morgan fingerprint density at radius 1 is 1.26 bits per heavy atom. The maximum absolute atomic E-state index is 13.8. The van der Waals surface area contributed by atoms with Gasteiger partial charge in [0.2, 0.25) is 5.91 Å². The topological polar surface area (TPSA) is 61.4 Å². The molecule has 7 heteroatoms. The van der Waals surface area contributed by atoms with Gasteiger partial charge >= 0.3 is 0 Å². The van der Waals surface area contributed by atoms with E-state index in [1.165, 1.54) is 17.7 Å². The molecule has 0 radical (unpaired) electrons. The Bertz CT molecular complexity index is 976. The van der Waals surface area contributed by atoms with Crippen LogP contribution in [0.3, 0.4) is 0 Å². The molecule has 31 heavy (non-hydrogen) atoms. The van der Waals surface area contributed by atoms with E-state index in [0.717, 1.165) is 49.7 Å². The lowest BCUT2D eigenvalue weighted by Crippen LogP contribution is -2.47. The van der Waals surface area contributed by atoms with Gasteiger partial charge in [-0.1, -0.05) is 12.1 Å². The van der Waals surface area contributed by atoms with E-state index in [4.69, 9.17) is 9.97 Å². The Kier molecular flexibility index (Phi) is 5.97. The molecule has 166 valence electrons. The minimum atomic E-state index is -0.792. The van der Waals surface area contributed by atoms with Crippen LogP contribution in [0, 0.1) is 5.82 Å². The van der Waals surface area contributed by atoms with Gasteiger partial charge in [-0.25, -0.2) is 14.4 Å². The lowest BCUT2D eigenvalue weighted by atomic mass is 9.82. The average Bonchev–Trinajstić information content (AvgIpc) is 2.77. The second-order valence-electron chi connectivity index (χ2n) is 9.32. The highest BCUT2D eigenvalue weighted by Gasteiger charge is 2.37. The average molecular weight is 426 g/mol. The summed E-state index contributed by atoms with van der Waals surface area (Å²) in [5, 5.41) is 3.25. The number of likely N-dealkylation sites (tertiary alicyclic amines) is 1. The van der Waals surface area contributed by atoms with Crippen LogP contribution in [0.2, 0.25) is 0 Å². The van der Waals surface area contributed by atoms with Gasteiger partial charge in [0, 0.05) is 44.7 Å². The maximum atomic E-state index is 13.8. The smallest absolute Gasteiger partial charge is 0.232 e. The molecule has 4 rings (SSSR count). The summed E-state index contributed by atoms with van der Waals surface area (Å²) in [6, 6.07) is 6.35. The van der Waals surface area contributed by atoms with Crippen molar-refractivity contribution < 1.29 is 9.18 Å². The van der Waals surface area contributed by atoms with E-state index >= 15 is 0 Å². The number of anilines is 1. The van der Waals surface area contributed by atoms with Crippen LogP contribution in [-0.2, 0) is 23.2 Å². The predicted octanol–water partition coefficient (Wildman–Crippen LogP) is 3.33. The first kappa shape index (κ1) is 21.7. The number of benzene rings is 1. The second-order valence-corrected chi connectivity index (χ2v) is 9.32. The molecule has 3 heterocycles. The Hall–Kier alpha value is -2.54. The molecule has 1 aromatic carbocycles. The summed E-state index contributed by atoms with van der Waals surface area (Å²) in [4.78, 5) is 27.4. The number of rotatable bonds is 4. The number of hydrogen-bond donors (Lipinski definition) is 1. The van der Waals surface area contributed by atoms with Gasteiger partial charge in [-0.15, -0.1) is 0 Å². The van der Waals surface area contributed by atoms with E-state index in [1.54, 1.807) is 6.07 Å². The highest BCUT2D eigenvalue weighted by atomic mass is 19.1. The Morgan fingerprint density at radius 3 is 2.81 bits per heavy atom. The summed E-state index contributed by atoms with van der Waals surface area (Å²) in [5.41, 5.74) is 2.21. The van der Waals surface area contributed by atoms with Gasteiger partial charge < -0.3 is 15.1 Å². The molecule has 1 N–H and O–H groups in total. The van der Waals surface area contributed by atoms with Crippen LogP contribution in [0.4, 0.5) is 10.2 Å². The van der Waals surface area contributed by atoms with Gasteiger partial charge in [-0.2, -0.15) is 0 Å². The van der Waals surface area contributed by atoms with Crippen molar-refractivity contribution in [2.75, 3.05) is 39.0 Å². The Morgan fingerprint density at radius 2 is 2.06 bits per heavy atom. The predicted molar refractivity (Wildman–Crippen MR) is 120 cm³/mol. The normalized spacial score (nSPS) is 19.8. The summed E-state index contributed by atoms with van der Waals surface area (Å²) in [5.74, 6) is 1.54. The molecule has 1 aromatic heterocycles. The first-order chi connectivity index (χ1) is 14.8. The van der Waals surface area contributed by atoms with E-state index in [2.05, 4.69) is 17.3 Å². The van der Waals surface area contributed by atoms with Gasteiger partial charge in [-0.05, 0) is 57.9 Å². The summed E-state index contributed by atoms with van der Waals surface area (Å²) < 4.78 is 13.8. The third-order valence-corrected chi connectivity index (χ3v) is 6.66. The number of likely N-dealkylation sites (N-methyl/N-ethyl adjacent to an activating group) is 1. The highest BCUT2D eigenvalue weighted by molar-refractivity contribution is 5.87. The molecule has 2 aliphatic heterocycles. The molecule has 1 atom stereocenters. The van der Waals surface area contributed by atoms with Crippen molar-refractivity contribution in [3.8, 4) is 0 Å². The molecule has 0 spiro atoms. The SMILES string of the molecule is CNc1nc([C@H]2CCCN(C(=O)C(C)(C)c3cccc(F)c3)C2)nc2c1CCN(C)C2. The van der Waals surface area contributed by atoms with Crippen LogP contribution in [0.15, 0.2) is 24.3 Å². The number of fused-ring (bicyclic) bond motifs is 1. The van der Waals surface area contributed by atoms with Crippen molar-refractivity contribution in [1.29, 1.82) is 0 Å². The summed E-state index contributed by atoms with van der Waals surface area (Å²) in [7, 11) is 4.02. The van der Waals surface area contributed by atoms with Crippen LogP contribution in [0.5, 0.6) is 0 Å². The molecule has 1 fully saturated rings. The number of piperidine rings is 1. The standard InChI is InChI=1S/C24H32FN5O/c1-24(2,17-8-5-9-18(25)13-17)23(31)30-11-6-7-16(14-30)21-27-20-15-29(4)12-10-19(20)22(26-3)28-21/h5,8-9,13,16H,6-7,10-12,14-15H2,1-4H3,(H,26,27,28)/t16-/m0/s1. The molecule has 1 amide bonds. The van der Waals surface area contributed by atoms with Crippen LogP contribution in [0.25, 0.3) is 0 Å². The third-order valence-electron chi connectivity index (χ3n) is 6.66. The number of carbonyl (C=O) groups is 1. The van der Waals surface area contributed by atoms with Gasteiger partial charge in [-0.3, -0.25) is 4.79 Å². The Balaban J connectivity index is 1.57. The minimum Gasteiger partial charge on any atom is -0.373 e. The number of hydrogen-bond acceptors (Lipinski definition) is 5. The first-order valence-corrected chi connectivity index (χ1v) is 11.1. The number of amides is 1. The van der Waals surface area contributed by atoms with Gasteiger partial charge in [0.05, 0.1) is 11.1 Å². The molecule has 0 saturated carbocycles. The number of nitrogens with zero attached hydrogens (tertiary/aromatic N) is 4. The van der Waals surface area contributed by atoms with E-state index in [-0.39, 0.29) is 17.6 Å². The highest BCUT2D eigenvalue weighted by Crippen LogP contribution is 2.33. The molecule has 2 aliphatic rings. The maximum Gasteiger partial charge on any atom is 0.232 e. The summed E-state index contributed by atoms with van der Waals surface area (Å²) in [6.45, 7) is 6.87. The van der Waals surface area contributed by atoms with Crippen molar-refractivity contribution in [2.24, 2.45) is 0 Å². The van der Waals surface area contributed by atoms with Crippen molar-refractivity contribution in [3.63, 3.8) is 0 Å². The quantitative estimate of drug-likeness (QED) is 0.814. The number of aromatic nitrogens is 2. The Labute approximate surface area is 183 Å². The molecule has 1 saturated heterocycles. The molecule has 0 aliphatic carbocycles. The largest absolute Gasteiger partial charge is 0.373 e. The van der Waals surface area contributed by atoms with Crippen LogP contribution < -0.4 is 5.32 Å². The first-order valence-electron chi connectivity index (χ1n) is 11.1. The van der Waals surface area contributed by atoms with Gasteiger partial charge in [0.1, 0.15) is 17.5 Å². The van der Waals surface area contributed by atoms with Crippen molar-refractivity contribution in [1.82, 2.24) is 19.8 Å². The fourth-order valence-electron chi connectivity index (χ4n) is 4.74. The molecule has 0 unspecified atom stereocenters. The number of halogens is 1. The fourth-order valence-corrected chi connectivity index (χ4v) is 4.74.